The Bertz CT molecular complexity index is 521. The highest BCUT2D eigenvalue weighted by Gasteiger charge is 2.40. The molecule has 0 bridgehead atoms. The van der Waals surface area contributed by atoms with Gasteiger partial charge in [0.1, 0.15) is 0 Å². The fraction of sp³-hybridized carbons (Fsp3) is 0.900. The van der Waals surface area contributed by atoms with E-state index >= 15 is 0 Å². The van der Waals surface area contributed by atoms with Crippen LogP contribution in [0.15, 0.2) is 4.99 Å². The van der Waals surface area contributed by atoms with Crippen LogP contribution in [0.25, 0.3) is 0 Å². The van der Waals surface area contributed by atoms with Gasteiger partial charge in [0, 0.05) is 52.2 Å². The fourth-order valence-corrected chi connectivity index (χ4v) is 4.82. The molecular formula is C20H39IN6O. The molecule has 0 unspecified atom stereocenters. The molecule has 0 aromatic carbocycles. The van der Waals surface area contributed by atoms with E-state index in [1.807, 2.05) is 11.9 Å². The summed E-state index contributed by atoms with van der Waals surface area (Å²) in [7, 11) is 4.11. The number of likely N-dealkylation sites (tertiary alicyclic amines) is 2. The van der Waals surface area contributed by atoms with Gasteiger partial charge in [-0.25, -0.2) is 0 Å². The van der Waals surface area contributed by atoms with Crippen LogP contribution < -0.4 is 5.32 Å². The molecule has 3 heterocycles. The Kier molecular flexibility index (Phi) is 9.27. The van der Waals surface area contributed by atoms with Crippen molar-refractivity contribution in [1.29, 1.82) is 0 Å². The largest absolute Gasteiger partial charge is 0.354 e. The van der Waals surface area contributed by atoms with E-state index in [0.29, 0.717) is 0 Å². The molecule has 7 nitrogen and oxygen atoms in total. The Morgan fingerprint density at radius 3 is 2.04 bits per heavy atom. The number of carbonyl (C=O) groups excluding carboxylic acids is 1. The van der Waals surface area contributed by atoms with Crippen molar-refractivity contribution in [1.82, 2.24) is 24.9 Å². The van der Waals surface area contributed by atoms with Gasteiger partial charge in [0.05, 0.1) is 0 Å². The Hall–Kier alpha value is -0.610. The molecule has 0 spiro atoms. The van der Waals surface area contributed by atoms with Crippen LogP contribution in [0.5, 0.6) is 0 Å². The van der Waals surface area contributed by atoms with Crippen LogP contribution in [0, 0.1) is 0 Å². The topological polar surface area (TPSA) is 54.4 Å². The van der Waals surface area contributed by atoms with Crippen molar-refractivity contribution in [3.63, 3.8) is 0 Å². The lowest BCUT2D eigenvalue weighted by Gasteiger charge is -2.50. The summed E-state index contributed by atoms with van der Waals surface area (Å²) in [5.41, 5.74) is 0.254. The first-order valence-corrected chi connectivity index (χ1v) is 10.7. The van der Waals surface area contributed by atoms with Crippen molar-refractivity contribution in [2.24, 2.45) is 4.99 Å². The van der Waals surface area contributed by atoms with Gasteiger partial charge >= 0.3 is 0 Å². The zero-order valence-electron chi connectivity index (χ0n) is 18.0. The summed E-state index contributed by atoms with van der Waals surface area (Å²) in [5, 5.41) is 3.72. The molecular weight excluding hydrogens is 467 g/mol. The van der Waals surface area contributed by atoms with Gasteiger partial charge in [0.2, 0.25) is 5.91 Å². The van der Waals surface area contributed by atoms with E-state index in [2.05, 4.69) is 32.1 Å². The van der Waals surface area contributed by atoms with Crippen molar-refractivity contribution in [3.8, 4) is 0 Å². The number of amides is 1. The molecule has 0 aromatic heterocycles. The number of carbonyl (C=O) groups is 1. The smallest absolute Gasteiger partial charge is 0.219 e. The third-order valence-electron chi connectivity index (χ3n) is 6.76. The van der Waals surface area contributed by atoms with E-state index in [9.17, 15) is 4.79 Å². The van der Waals surface area contributed by atoms with Gasteiger partial charge in [0.15, 0.2) is 5.96 Å². The first-order chi connectivity index (χ1) is 13.0. The Labute approximate surface area is 187 Å². The molecule has 3 saturated heterocycles. The molecule has 3 aliphatic heterocycles. The zero-order chi connectivity index (χ0) is 19.3. The minimum absolute atomic E-state index is 0. The van der Waals surface area contributed by atoms with Gasteiger partial charge in [-0.15, -0.1) is 24.0 Å². The van der Waals surface area contributed by atoms with E-state index in [1.54, 1.807) is 6.92 Å². The maximum Gasteiger partial charge on any atom is 0.219 e. The average Bonchev–Trinajstić information content (AvgIpc) is 2.71. The number of piperidine rings is 2. The number of piperazine rings is 1. The predicted molar refractivity (Wildman–Crippen MR) is 125 cm³/mol. The van der Waals surface area contributed by atoms with Crippen molar-refractivity contribution in [3.05, 3.63) is 0 Å². The molecule has 8 heteroatoms. The number of nitrogens with one attached hydrogen (secondary N) is 1. The van der Waals surface area contributed by atoms with Crippen LogP contribution in [-0.4, -0.2) is 110 Å². The summed E-state index contributed by atoms with van der Waals surface area (Å²) >= 11 is 0. The van der Waals surface area contributed by atoms with Gasteiger partial charge in [-0.05, 0) is 58.9 Å². The van der Waals surface area contributed by atoms with Gasteiger partial charge in [0.25, 0.3) is 0 Å². The highest BCUT2D eigenvalue weighted by atomic mass is 127. The van der Waals surface area contributed by atoms with Gasteiger partial charge in [-0.1, -0.05) is 6.42 Å². The molecule has 0 atom stereocenters. The maximum absolute atomic E-state index is 11.6. The van der Waals surface area contributed by atoms with E-state index in [-0.39, 0.29) is 35.4 Å². The number of hydrogen-bond donors (Lipinski definition) is 1. The molecule has 3 aliphatic rings. The van der Waals surface area contributed by atoms with Crippen LogP contribution in [-0.2, 0) is 4.79 Å². The van der Waals surface area contributed by atoms with Crippen LogP contribution in [0.1, 0.15) is 39.0 Å². The molecule has 0 saturated carbocycles. The number of rotatable bonds is 3. The third-order valence-corrected chi connectivity index (χ3v) is 6.76. The summed E-state index contributed by atoms with van der Waals surface area (Å²) in [6.45, 7) is 10.8. The van der Waals surface area contributed by atoms with E-state index in [0.717, 1.165) is 38.7 Å². The van der Waals surface area contributed by atoms with Crippen LogP contribution in [0.4, 0.5) is 0 Å². The number of halogens is 1. The summed E-state index contributed by atoms with van der Waals surface area (Å²) in [4.78, 5) is 25.6. The maximum atomic E-state index is 11.6. The highest BCUT2D eigenvalue weighted by molar-refractivity contribution is 14.0. The lowest BCUT2D eigenvalue weighted by atomic mass is 9.84. The monoisotopic (exact) mass is 506 g/mol. The van der Waals surface area contributed by atoms with Crippen molar-refractivity contribution in [2.75, 3.05) is 73.0 Å². The summed E-state index contributed by atoms with van der Waals surface area (Å²) in [5.74, 6) is 1.17. The lowest BCUT2D eigenvalue weighted by molar-refractivity contribution is -0.130. The Morgan fingerprint density at radius 1 is 0.929 bits per heavy atom. The number of nitrogens with zero attached hydrogens (tertiary/aromatic N) is 5. The molecule has 0 aromatic rings. The minimum atomic E-state index is 0. The third kappa shape index (κ3) is 5.72. The fourth-order valence-electron chi connectivity index (χ4n) is 4.82. The molecule has 3 fully saturated rings. The highest BCUT2D eigenvalue weighted by Crippen LogP contribution is 2.31. The van der Waals surface area contributed by atoms with Crippen molar-refractivity contribution < 1.29 is 4.79 Å². The van der Waals surface area contributed by atoms with Crippen LogP contribution >= 0.6 is 24.0 Å². The SMILES string of the molecule is CN=C(NCC1(N2CCCCC2)CCN(C)CC1)N1CCN(C(C)=O)CC1.I. The van der Waals surface area contributed by atoms with Crippen molar-refractivity contribution >= 4 is 35.8 Å². The molecule has 0 radical (unpaired) electrons. The molecule has 1 N–H and O–H groups in total. The summed E-state index contributed by atoms with van der Waals surface area (Å²) < 4.78 is 0. The van der Waals surface area contributed by atoms with Crippen LogP contribution in [0.3, 0.4) is 0 Å². The summed E-state index contributed by atoms with van der Waals surface area (Å²) in [6.07, 6.45) is 6.50. The second kappa shape index (κ2) is 11.0. The standard InChI is InChI=1S/C20H38N6O.HI/c1-18(27)24-13-15-25(16-14-24)19(21-2)22-17-20(7-11-23(3)12-8-20)26-9-5-4-6-10-26;/h4-17H2,1-3H3,(H,21,22);1H. The molecule has 3 rings (SSSR count). The molecule has 28 heavy (non-hydrogen) atoms. The van der Waals surface area contributed by atoms with Crippen molar-refractivity contribution in [2.45, 2.75) is 44.6 Å². The first-order valence-electron chi connectivity index (χ1n) is 10.7. The normalized spacial score (nSPS) is 24.6. The molecule has 0 aliphatic carbocycles. The second-order valence-electron chi connectivity index (χ2n) is 8.47. The number of hydrogen-bond acceptors (Lipinski definition) is 4. The van der Waals surface area contributed by atoms with E-state index in [1.165, 1.54) is 58.3 Å². The van der Waals surface area contributed by atoms with Gasteiger partial charge in [-0.3, -0.25) is 14.7 Å². The lowest BCUT2D eigenvalue weighted by Crippen LogP contribution is -2.63. The first kappa shape index (κ1) is 23.7. The second-order valence-corrected chi connectivity index (χ2v) is 8.47. The van der Waals surface area contributed by atoms with E-state index < -0.39 is 0 Å². The quantitative estimate of drug-likeness (QED) is 0.356. The summed E-state index contributed by atoms with van der Waals surface area (Å²) in [6, 6.07) is 0. The average molecular weight is 506 g/mol. The minimum Gasteiger partial charge on any atom is -0.354 e. The van der Waals surface area contributed by atoms with Gasteiger partial charge in [-0.2, -0.15) is 0 Å². The van der Waals surface area contributed by atoms with Gasteiger partial charge < -0.3 is 20.0 Å². The Morgan fingerprint density at radius 2 is 1.50 bits per heavy atom. The van der Waals surface area contributed by atoms with Crippen LogP contribution in [0.2, 0.25) is 0 Å². The Balaban J connectivity index is 0.00000280. The number of guanidine groups is 1. The zero-order valence-corrected chi connectivity index (χ0v) is 20.3. The van der Waals surface area contributed by atoms with E-state index in [4.69, 9.17) is 0 Å². The predicted octanol–water partition coefficient (Wildman–Crippen LogP) is 1.29. The number of aliphatic imine (C=N–C) groups is 1. The molecule has 162 valence electrons. The molecule has 1 amide bonds.